The number of carbonyl (C=O) groups excluding carboxylic acids is 1. The standard InChI is InChI=1S/C22H24N2O4S/c1-3-28-14-6-13-24-20(25)18-7-4-5-8-19(18)23-22(24)29-15-16-9-11-17(12-10-16)21(26)27-2/h4-5,7-12H,3,6,13-15H2,1-2H3. The number of aromatic nitrogens is 2. The topological polar surface area (TPSA) is 70.4 Å². The van der Waals surface area contributed by atoms with Crippen LogP contribution in [0.15, 0.2) is 58.5 Å². The molecular weight excluding hydrogens is 388 g/mol. The van der Waals surface area contributed by atoms with Crippen LogP contribution in [0, 0.1) is 0 Å². The molecule has 0 spiro atoms. The summed E-state index contributed by atoms with van der Waals surface area (Å²) in [5, 5.41) is 1.30. The summed E-state index contributed by atoms with van der Waals surface area (Å²) in [6, 6.07) is 14.7. The number of benzene rings is 2. The fourth-order valence-electron chi connectivity index (χ4n) is 2.93. The van der Waals surface area contributed by atoms with Crippen molar-refractivity contribution in [3.05, 3.63) is 70.0 Å². The van der Waals surface area contributed by atoms with E-state index in [1.54, 1.807) is 16.7 Å². The van der Waals surface area contributed by atoms with Gasteiger partial charge in [0.05, 0.1) is 23.6 Å². The number of esters is 1. The van der Waals surface area contributed by atoms with E-state index >= 15 is 0 Å². The van der Waals surface area contributed by atoms with Crippen molar-refractivity contribution in [3.8, 4) is 0 Å². The molecule has 0 unspecified atom stereocenters. The van der Waals surface area contributed by atoms with E-state index in [1.165, 1.54) is 18.9 Å². The van der Waals surface area contributed by atoms with Crippen molar-refractivity contribution in [2.24, 2.45) is 0 Å². The van der Waals surface area contributed by atoms with E-state index in [9.17, 15) is 9.59 Å². The van der Waals surface area contributed by atoms with Crippen LogP contribution in [0.5, 0.6) is 0 Å². The Hall–Kier alpha value is -2.64. The normalized spacial score (nSPS) is 11.0. The van der Waals surface area contributed by atoms with Crippen LogP contribution in [0.3, 0.4) is 0 Å². The monoisotopic (exact) mass is 412 g/mol. The van der Waals surface area contributed by atoms with Crippen molar-refractivity contribution in [2.45, 2.75) is 30.8 Å². The molecule has 3 aromatic rings. The fraction of sp³-hybridized carbons (Fsp3) is 0.318. The first-order valence-corrected chi connectivity index (χ1v) is 10.5. The summed E-state index contributed by atoms with van der Waals surface area (Å²) in [4.78, 5) is 29.3. The molecule has 0 bridgehead atoms. The van der Waals surface area contributed by atoms with Gasteiger partial charge in [0, 0.05) is 25.5 Å². The minimum atomic E-state index is -0.358. The van der Waals surface area contributed by atoms with E-state index in [0.29, 0.717) is 47.1 Å². The first kappa shape index (κ1) is 21.1. The van der Waals surface area contributed by atoms with Crippen LogP contribution in [0.2, 0.25) is 0 Å². The molecule has 1 aromatic heterocycles. The molecule has 0 atom stereocenters. The van der Waals surface area contributed by atoms with E-state index < -0.39 is 0 Å². The predicted molar refractivity (Wildman–Crippen MR) is 114 cm³/mol. The van der Waals surface area contributed by atoms with Crippen LogP contribution in [0.4, 0.5) is 0 Å². The average molecular weight is 413 g/mol. The number of rotatable bonds is 9. The zero-order valence-corrected chi connectivity index (χ0v) is 17.4. The van der Waals surface area contributed by atoms with Crippen molar-refractivity contribution < 1.29 is 14.3 Å². The average Bonchev–Trinajstić information content (AvgIpc) is 2.76. The highest BCUT2D eigenvalue weighted by atomic mass is 32.2. The molecule has 0 fully saturated rings. The van der Waals surface area contributed by atoms with Crippen molar-refractivity contribution in [3.63, 3.8) is 0 Å². The minimum absolute atomic E-state index is 0.0318. The van der Waals surface area contributed by atoms with Crippen molar-refractivity contribution >= 4 is 28.6 Å². The van der Waals surface area contributed by atoms with E-state index in [1.807, 2.05) is 43.3 Å². The lowest BCUT2D eigenvalue weighted by Gasteiger charge is -2.13. The number of thioether (sulfide) groups is 1. The van der Waals surface area contributed by atoms with Gasteiger partial charge in [-0.15, -0.1) is 0 Å². The van der Waals surface area contributed by atoms with Crippen LogP contribution >= 0.6 is 11.8 Å². The number of hydrogen-bond donors (Lipinski definition) is 0. The molecule has 0 N–H and O–H groups in total. The highest BCUT2D eigenvalue weighted by Crippen LogP contribution is 2.23. The smallest absolute Gasteiger partial charge is 0.337 e. The van der Waals surface area contributed by atoms with E-state index in [0.717, 1.165) is 12.0 Å². The number of carbonyl (C=O) groups is 1. The molecular formula is C22H24N2O4S. The number of ether oxygens (including phenoxy) is 2. The molecule has 0 radical (unpaired) electrons. The van der Waals surface area contributed by atoms with Crippen molar-refractivity contribution in [2.75, 3.05) is 20.3 Å². The first-order valence-electron chi connectivity index (χ1n) is 9.51. The van der Waals surface area contributed by atoms with Gasteiger partial charge in [0.25, 0.3) is 5.56 Å². The summed E-state index contributed by atoms with van der Waals surface area (Å²) in [7, 11) is 1.36. The van der Waals surface area contributed by atoms with Gasteiger partial charge in [-0.1, -0.05) is 36.0 Å². The summed E-state index contributed by atoms with van der Waals surface area (Å²) in [6.45, 7) is 3.78. The number of hydrogen-bond acceptors (Lipinski definition) is 6. The second kappa shape index (κ2) is 10.2. The molecule has 0 saturated heterocycles. The molecule has 7 heteroatoms. The molecule has 0 aliphatic carbocycles. The minimum Gasteiger partial charge on any atom is -0.465 e. The van der Waals surface area contributed by atoms with Crippen LogP contribution in [-0.4, -0.2) is 35.8 Å². The highest BCUT2D eigenvalue weighted by Gasteiger charge is 2.12. The molecule has 6 nitrogen and oxygen atoms in total. The zero-order valence-electron chi connectivity index (χ0n) is 16.6. The maximum absolute atomic E-state index is 13.0. The summed E-state index contributed by atoms with van der Waals surface area (Å²) in [6.07, 6.45) is 0.745. The second-order valence-corrected chi connectivity index (χ2v) is 7.34. The third-order valence-corrected chi connectivity index (χ3v) is 5.49. The molecule has 0 aliphatic heterocycles. The van der Waals surface area contributed by atoms with Gasteiger partial charge in [-0.25, -0.2) is 9.78 Å². The van der Waals surface area contributed by atoms with Gasteiger partial charge in [-0.05, 0) is 43.2 Å². The van der Waals surface area contributed by atoms with Crippen molar-refractivity contribution in [1.29, 1.82) is 0 Å². The fourth-order valence-corrected chi connectivity index (χ4v) is 3.91. The van der Waals surface area contributed by atoms with E-state index in [2.05, 4.69) is 0 Å². The summed E-state index contributed by atoms with van der Waals surface area (Å²) >= 11 is 1.51. The Morgan fingerprint density at radius 3 is 2.62 bits per heavy atom. The Bertz CT molecular complexity index is 1030. The van der Waals surface area contributed by atoms with Gasteiger partial charge in [-0.3, -0.25) is 9.36 Å². The van der Waals surface area contributed by atoms with E-state index in [4.69, 9.17) is 14.5 Å². The van der Waals surface area contributed by atoms with E-state index in [-0.39, 0.29) is 11.5 Å². The van der Waals surface area contributed by atoms with Crippen LogP contribution in [0.25, 0.3) is 10.9 Å². The number of nitrogens with zero attached hydrogens (tertiary/aromatic N) is 2. The summed E-state index contributed by atoms with van der Waals surface area (Å²) in [5.41, 5.74) is 2.21. The van der Waals surface area contributed by atoms with Gasteiger partial charge in [0.2, 0.25) is 0 Å². The number of para-hydroxylation sites is 1. The van der Waals surface area contributed by atoms with Crippen LogP contribution < -0.4 is 5.56 Å². The first-order chi connectivity index (χ1) is 14.1. The largest absolute Gasteiger partial charge is 0.465 e. The van der Waals surface area contributed by atoms with Gasteiger partial charge < -0.3 is 9.47 Å². The molecule has 152 valence electrons. The molecule has 29 heavy (non-hydrogen) atoms. The molecule has 2 aromatic carbocycles. The molecule has 0 saturated carbocycles. The maximum atomic E-state index is 13.0. The zero-order chi connectivity index (χ0) is 20.6. The lowest BCUT2D eigenvalue weighted by molar-refractivity contribution is 0.0600. The number of methoxy groups -OCH3 is 1. The number of fused-ring (bicyclic) bond motifs is 1. The molecule has 3 rings (SSSR count). The molecule has 0 amide bonds. The molecule has 1 heterocycles. The highest BCUT2D eigenvalue weighted by molar-refractivity contribution is 7.98. The van der Waals surface area contributed by atoms with Gasteiger partial charge in [0.1, 0.15) is 0 Å². The Balaban J connectivity index is 1.82. The second-order valence-electron chi connectivity index (χ2n) is 6.40. The quantitative estimate of drug-likeness (QED) is 0.230. The van der Waals surface area contributed by atoms with Crippen LogP contribution in [-0.2, 0) is 21.8 Å². The predicted octanol–water partition coefficient (Wildman–Crippen LogP) is 3.90. The Morgan fingerprint density at radius 1 is 1.14 bits per heavy atom. The summed E-state index contributed by atoms with van der Waals surface area (Å²) < 4.78 is 11.9. The lowest BCUT2D eigenvalue weighted by Crippen LogP contribution is -2.24. The SMILES string of the molecule is CCOCCCn1c(SCc2ccc(C(=O)OC)cc2)nc2ccccc2c1=O. The third kappa shape index (κ3) is 5.25. The van der Waals surface area contributed by atoms with Crippen LogP contribution in [0.1, 0.15) is 29.3 Å². The Morgan fingerprint density at radius 2 is 1.90 bits per heavy atom. The van der Waals surface area contributed by atoms with Crippen molar-refractivity contribution in [1.82, 2.24) is 9.55 Å². The maximum Gasteiger partial charge on any atom is 0.337 e. The Labute approximate surface area is 173 Å². The summed E-state index contributed by atoms with van der Waals surface area (Å²) in [5.74, 6) is 0.279. The van der Waals surface area contributed by atoms with Gasteiger partial charge in [0.15, 0.2) is 5.16 Å². The Kier molecular flexibility index (Phi) is 7.43. The van der Waals surface area contributed by atoms with Gasteiger partial charge in [-0.2, -0.15) is 0 Å². The lowest BCUT2D eigenvalue weighted by atomic mass is 10.1. The molecule has 0 aliphatic rings. The van der Waals surface area contributed by atoms with Gasteiger partial charge >= 0.3 is 5.97 Å². The third-order valence-electron chi connectivity index (χ3n) is 4.44.